The van der Waals surface area contributed by atoms with E-state index in [1.807, 2.05) is 4.86 Å². The molecule has 0 saturated carbocycles. The molecular formula is C24F20LiNO2P2. The molecule has 0 N–H and O–H groups in total. The molecule has 0 saturated heterocycles. The largest absolute Gasteiger partial charge is 1.00 e. The van der Waals surface area contributed by atoms with Crippen LogP contribution in [0.25, 0.3) is 4.86 Å². The Kier molecular flexibility index (Phi) is 11.1. The first-order chi connectivity index (χ1) is 22.4. The summed E-state index contributed by atoms with van der Waals surface area (Å²) in [5.74, 6) is -70.2. The molecule has 4 aromatic carbocycles. The molecule has 4 aromatic rings. The second-order valence-electron chi connectivity index (χ2n) is 8.92. The molecule has 0 aromatic heterocycles. The van der Waals surface area contributed by atoms with Crippen LogP contribution in [0.1, 0.15) is 0 Å². The van der Waals surface area contributed by atoms with Crippen LogP contribution in [0.2, 0.25) is 0 Å². The molecule has 0 spiro atoms. The Morgan fingerprint density at radius 3 is 0.460 bits per heavy atom. The van der Waals surface area contributed by atoms with Crippen molar-refractivity contribution in [3.63, 3.8) is 0 Å². The van der Waals surface area contributed by atoms with Crippen LogP contribution in [0.3, 0.4) is 0 Å². The first kappa shape index (κ1) is 40.9. The van der Waals surface area contributed by atoms with Gasteiger partial charge in [-0.3, -0.25) is 0 Å². The van der Waals surface area contributed by atoms with Gasteiger partial charge in [-0.15, -0.1) is 0 Å². The van der Waals surface area contributed by atoms with Crippen molar-refractivity contribution < 1.29 is 116 Å². The van der Waals surface area contributed by atoms with E-state index in [0.717, 1.165) is 0 Å². The van der Waals surface area contributed by atoms with Gasteiger partial charge >= 0.3 is 18.9 Å². The number of benzene rings is 4. The minimum absolute atomic E-state index is 0. The fourth-order valence-electron chi connectivity index (χ4n) is 4.02. The van der Waals surface area contributed by atoms with Crippen molar-refractivity contribution in [1.29, 1.82) is 0 Å². The molecule has 4 rings (SSSR count). The van der Waals surface area contributed by atoms with Crippen LogP contribution in [-0.2, 0) is 9.13 Å². The Balaban J connectivity index is 0.00000676. The third-order valence-corrected chi connectivity index (χ3v) is 12.2. The summed E-state index contributed by atoms with van der Waals surface area (Å²) in [5.41, 5.74) is 0. The molecule has 3 nitrogen and oxygen atoms in total. The molecular weight excluding hydrogens is 783 g/mol. The smallest absolute Gasteiger partial charge is 0.528 e. The summed E-state index contributed by atoms with van der Waals surface area (Å²) in [4.78, 5) is 1.92. The van der Waals surface area contributed by atoms with E-state index >= 15 is 35.1 Å². The van der Waals surface area contributed by atoms with Crippen molar-refractivity contribution >= 4 is 35.8 Å². The van der Waals surface area contributed by atoms with Gasteiger partial charge in [-0.05, 0) is 0 Å². The van der Waals surface area contributed by atoms with Gasteiger partial charge in [-0.1, -0.05) is 0 Å². The second-order valence-corrected chi connectivity index (χ2v) is 13.7. The maximum Gasteiger partial charge on any atom is 1.00 e. The summed E-state index contributed by atoms with van der Waals surface area (Å²) in [6, 6.07) is 0. The first-order valence-corrected chi connectivity index (χ1v) is 14.8. The van der Waals surface area contributed by atoms with E-state index < -0.39 is 152 Å². The predicted octanol–water partition coefficient (Wildman–Crippen LogP) is 5.00. The summed E-state index contributed by atoms with van der Waals surface area (Å²) in [6.45, 7) is 0. The number of rotatable bonds is 6. The maximum atomic E-state index is 15.0. The quantitative estimate of drug-likeness (QED) is 0.0910. The number of halogens is 20. The molecule has 0 aliphatic heterocycles. The van der Waals surface area contributed by atoms with Gasteiger partial charge in [0.2, 0.25) is 23.3 Å². The average molecular weight is 783 g/mol. The summed E-state index contributed by atoms with van der Waals surface area (Å²) < 4.78 is 317. The van der Waals surface area contributed by atoms with E-state index in [9.17, 15) is 61.8 Å². The van der Waals surface area contributed by atoms with Crippen molar-refractivity contribution in [2.45, 2.75) is 0 Å². The van der Waals surface area contributed by atoms with E-state index in [4.69, 9.17) is 0 Å². The average Bonchev–Trinajstić information content (AvgIpc) is 3.04. The molecule has 0 amide bonds. The summed E-state index contributed by atoms with van der Waals surface area (Å²) in [7, 11) is -16.2. The molecule has 0 bridgehead atoms. The van der Waals surface area contributed by atoms with E-state index in [-0.39, 0.29) is 18.9 Å². The van der Waals surface area contributed by atoms with E-state index in [2.05, 4.69) is 0 Å². The Bertz CT molecular complexity index is 1830. The van der Waals surface area contributed by atoms with Gasteiger partial charge in [0.05, 0.1) is 35.8 Å². The molecule has 26 heteroatoms. The standard InChI is InChI=1S/C24F20NO2P2.Li/c25-1-5(29)13(37)21(14(38)6(1)30)48(46,22-15(39)7(31)2(26)8(32)16(22)40)45-49(47,23-17(41)9(33)3(27)10(34)18(23)42)24-19(43)11(35)4(28)12(36)20(24)44;/q-1;+1. The first-order valence-electron chi connectivity index (χ1n) is 11.4. The van der Waals surface area contributed by atoms with Crippen molar-refractivity contribution in [1.82, 2.24) is 0 Å². The van der Waals surface area contributed by atoms with Crippen LogP contribution in [0.5, 0.6) is 0 Å². The van der Waals surface area contributed by atoms with E-state index in [0.29, 0.717) is 0 Å². The maximum absolute atomic E-state index is 15.0. The normalized spacial score (nSPS) is 12.1. The van der Waals surface area contributed by atoms with Gasteiger partial charge in [0.1, 0.15) is 0 Å². The van der Waals surface area contributed by atoms with Gasteiger partial charge < -0.3 is 14.0 Å². The number of hydrogen-bond donors (Lipinski definition) is 0. The van der Waals surface area contributed by atoms with Crippen LogP contribution < -0.4 is 40.1 Å². The fourth-order valence-corrected chi connectivity index (χ4v) is 10.2. The molecule has 0 heterocycles. The summed E-state index contributed by atoms with van der Waals surface area (Å²) >= 11 is 0. The van der Waals surface area contributed by atoms with Gasteiger partial charge in [0, 0.05) is 0 Å². The monoisotopic (exact) mass is 783 g/mol. The molecule has 0 aliphatic carbocycles. The SMILES string of the molecule is O=P([N-]P(=O)(c1c(F)c(F)c(F)c(F)c1F)c1c(F)c(F)c(F)c(F)c1F)(c1c(F)c(F)c(F)c(F)c1F)c1c(F)c(F)c(F)c(F)c1F.[Li+]. The Morgan fingerprint density at radius 1 is 0.240 bits per heavy atom. The molecule has 0 fully saturated rings. The number of nitrogens with zero attached hydrogens (tertiary/aromatic N) is 1. The van der Waals surface area contributed by atoms with Crippen LogP contribution >= 0.6 is 14.6 Å². The van der Waals surface area contributed by atoms with Gasteiger partial charge in [0.15, 0.2) is 93.1 Å². The molecule has 50 heavy (non-hydrogen) atoms. The van der Waals surface area contributed by atoms with Crippen LogP contribution in [-0.4, -0.2) is 0 Å². The van der Waals surface area contributed by atoms with Gasteiger partial charge in [0.25, 0.3) is 0 Å². The molecule has 264 valence electrons. The number of hydrogen-bond acceptors (Lipinski definition) is 2. The Labute approximate surface area is 272 Å². The Hall–Kier alpha value is -3.50. The zero-order chi connectivity index (χ0) is 37.6. The third kappa shape index (κ3) is 5.61. The predicted molar refractivity (Wildman–Crippen MR) is 122 cm³/mol. The van der Waals surface area contributed by atoms with Gasteiger partial charge in [-0.25, -0.2) is 87.8 Å². The van der Waals surface area contributed by atoms with Crippen LogP contribution in [0.4, 0.5) is 87.8 Å². The summed E-state index contributed by atoms with van der Waals surface area (Å²) in [6.07, 6.45) is 0. The van der Waals surface area contributed by atoms with Crippen molar-refractivity contribution in [3.05, 3.63) is 121 Å². The summed E-state index contributed by atoms with van der Waals surface area (Å²) in [5, 5.41) is -14.1. The Morgan fingerprint density at radius 2 is 0.340 bits per heavy atom. The van der Waals surface area contributed by atoms with E-state index in [1.165, 1.54) is 0 Å². The minimum Gasteiger partial charge on any atom is -0.528 e. The second kappa shape index (κ2) is 13.6. The molecule has 0 unspecified atom stereocenters. The zero-order valence-corrected chi connectivity index (χ0v) is 24.5. The van der Waals surface area contributed by atoms with Crippen LogP contribution in [0, 0.1) is 116 Å². The topological polar surface area (TPSA) is 48.2 Å². The minimum atomic E-state index is -8.11. The molecule has 0 radical (unpaired) electrons. The van der Waals surface area contributed by atoms with E-state index in [1.54, 1.807) is 0 Å². The van der Waals surface area contributed by atoms with Crippen molar-refractivity contribution in [2.24, 2.45) is 0 Å². The van der Waals surface area contributed by atoms with Crippen molar-refractivity contribution in [2.75, 3.05) is 0 Å². The van der Waals surface area contributed by atoms with Gasteiger partial charge in [-0.2, -0.15) is 0 Å². The van der Waals surface area contributed by atoms with Crippen LogP contribution in [0.15, 0.2) is 0 Å². The zero-order valence-electron chi connectivity index (χ0n) is 22.7. The fraction of sp³-hybridized carbons (Fsp3) is 0. The van der Waals surface area contributed by atoms with Crippen molar-refractivity contribution in [3.8, 4) is 0 Å². The third-order valence-electron chi connectivity index (χ3n) is 6.21. The molecule has 0 aliphatic rings. The molecule has 0 atom stereocenters.